The van der Waals surface area contributed by atoms with Crippen molar-refractivity contribution in [1.29, 1.82) is 0 Å². The summed E-state index contributed by atoms with van der Waals surface area (Å²) in [5, 5.41) is 0. The third-order valence-electron chi connectivity index (χ3n) is 1.11. The van der Waals surface area contributed by atoms with Crippen LogP contribution < -0.4 is 0 Å². The van der Waals surface area contributed by atoms with E-state index in [0.29, 0.717) is 0 Å². The molecule has 0 rings (SSSR count). The van der Waals surface area contributed by atoms with Crippen LogP contribution in [0.5, 0.6) is 0 Å². The van der Waals surface area contributed by atoms with Crippen LogP contribution in [0.15, 0.2) is 12.2 Å². The molecule has 14 heavy (non-hydrogen) atoms. The summed E-state index contributed by atoms with van der Waals surface area (Å²) in [6.07, 6.45) is 2.53. The van der Waals surface area contributed by atoms with Gasteiger partial charge in [-0.3, -0.25) is 14.4 Å². The standard InChI is InChI=1S/C8H8O6/c9-5-13-7(11)3-1-2-4-8(12)14-6-10/h1,3,5-6H,2,4H2/b3-1-. The Morgan fingerprint density at radius 2 is 1.71 bits per heavy atom. The van der Waals surface area contributed by atoms with E-state index in [4.69, 9.17) is 0 Å². The Kier molecular flexibility index (Phi) is 6.57. The van der Waals surface area contributed by atoms with E-state index >= 15 is 0 Å². The zero-order valence-corrected chi connectivity index (χ0v) is 7.17. The number of hydrogen-bond acceptors (Lipinski definition) is 6. The van der Waals surface area contributed by atoms with E-state index in [1.807, 2.05) is 0 Å². The molecular weight excluding hydrogens is 192 g/mol. The van der Waals surface area contributed by atoms with Crippen LogP contribution in [0.1, 0.15) is 12.8 Å². The van der Waals surface area contributed by atoms with E-state index in [2.05, 4.69) is 9.47 Å². The Balaban J connectivity index is 3.62. The van der Waals surface area contributed by atoms with Crippen molar-refractivity contribution in [3.8, 4) is 0 Å². The molecule has 0 aliphatic carbocycles. The molecule has 0 spiro atoms. The maximum atomic E-state index is 10.6. The molecule has 0 bridgehead atoms. The van der Waals surface area contributed by atoms with Gasteiger partial charge in [-0.2, -0.15) is 0 Å². The lowest BCUT2D eigenvalue weighted by atomic mass is 10.3. The van der Waals surface area contributed by atoms with Gasteiger partial charge in [-0.15, -0.1) is 0 Å². The highest BCUT2D eigenvalue weighted by Gasteiger charge is 1.99. The highest BCUT2D eigenvalue weighted by Crippen LogP contribution is 1.93. The fourth-order valence-corrected chi connectivity index (χ4v) is 0.580. The van der Waals surface area contributed by atoms with E-state index in [9.17, 15) is 19.2 Å². The molecule has 0 aliphatic rings. The van der Waals surface area contributed by atoms with Crippen LogP contribution in [-0.4, -0.2) is 24.9 Å². The number of rotatable bonds is 6. The van der Waals surface area contributed by atoms with Gasteiger partial charge in [0, 0.05) is 12.5 Å². The van der Waals surface area contributed by atoms with E-state index in [1.165, 1.54) is 6.08 Å². The predicted molar refractivity (Wildman–Crippen MR) is 42.7 cm³/mol. The van der Waals surface area contributed by atoms with Crippen molar-refractivity contribution in [3.05, 3.63) is 12.2 Å². The second-order valence-electron chi connectivity index (χ2n) is 2.06. The van der Waals surface area contributed by atoms with Crippen molar-refractivity contribution >= 4 is 24.9 Å². The molecule has 0 atom stereocenters. The molecule has 0 saturated heterocycles. The minimum Gasteiger partial charge on any atom is -0.395 e. The van der Waals surface area contributed by atoms with E-state index in [1.54, 1.807) is 0 Å². The molecular formula is C8H8O6. The SMILES string of the molecule is O=COC(=O)/C=C\CCC(=O)OC=O. The van der Waals surface area contributed by atoms with Crippen molar-refractivity contribution in [1.82, 2.24) is 0 Å². The van der Waals surface area contributed by atoms with Gasteiger partial charge in [0.05, 0.1) is 0 Å². The number of carbonyl (C=O) groups is 4. The third-order valence-corrected chi connectivity index (χ3v) is 1.11. The lowest BCUT2D eigenvalue weighted by Gasteiger charge is -1.92. The van der Waals surface area contributed by atoms with Gasteiger partial charge in [0.25, 0.3) is 0 Å². The van der Waals surface area contributed by atoms with Crippen molar-refractivity contribution < 1.29 is 28.7 Å². The molecule has 6 nitrogen and oxygen atoms in total. The molecule has 0 radical (unpaired) electrons. The van der Waals surface area contributed by atoms with Crippen LogP contribution in [-0.2, 0) is 28.7 Å². The second kappa shape index (κ2) is 7.66. The fourth-order valence-electron chi connectivity index (χ4n) is 0.580. The van der Waals surface area contributed by atoms with Crippen molar-refractivity contribution in [2.75, 3.05) is 0 Å². The quantitative estimate of drug-likeness (QED) is 0.253. The normalized spacial score (nSPS) is 9.43. The molecule has 0 unspecified atom stereocenters. The van der Waals surface area contributed by atoms with Crippen LogP contribution >= 0.6 is 0 Å². The summed E-state index contributed by atoms with van der Waals surface area (Å²) in [5.74, 6) is -1.50. The lowest BCUT2D eigenvalue weighted by Crippen LogP contribution is -2.01. The Bertz CT molecular complexity index is 255. The zero-order chi connectivity index (χ0) is 10.8. The first-order valence-electron chi connectivity index (χ1n) is 3.64. The highest BCUT2D eigenvalue weighted by molar-refractivity contribution is 5.86. The van der Waals surface area contributed by atoms with Crippen LogP contribution in [0.4, 0.5) is 0 Å². The zero-order valence-electron chi connectivity index (χ0n) is 7.17. The predicted octanol–water partition coefficient (Wildman–Crippen LogP) is -0.278. The largest absolute Gasteiger partial charge is 0.395 e. The first-order valence-corrected chi connectivity index (χ1v) is 3.64. The molecule has 0 aromatic rings. The van der Waals surface area contributed by atoms with E-state index < -0.39 is 11.9 Å². The number of ether oxygens (including phenoxy) is 2. The monoisotopic (exact) mass is 200 g/mol. The smallest absolute Gasteiger partial charge is 0.337 e. The first kappa shape index (κ1) is 12.0. The molecule has 6 heteroatoms. The minimum atomic E-state index is -0.816. The van der Waals surface area contributed by atoms with E-state index in [0.717, 1.165) is 6.08 Å². The van der Waals surface area contributed by atoms with E-state index in [-0.39, 0.29) is 25.8 Å². The van der Waals surface area contributed by atoms with Gasteiger partial charge >= 0.3 is 24.9 Å². The Morgan fingerprint density at radius 3 is 2.29 bits per heavy atom. The highest BCUT2D eigenvalue weighted by atomic mass is 16.6. The molecule has 0 aliphatic heterocycles. The maximum Gasteiger partial charge on any atom is 0.337 e. The molecule has 0 heterocycles. The van der Waals surface area contributed by atoms with Gasteiger partial charge in [0.15, 0.2) is 0 Å². The summed E-state index contributed by atoms with van der Waals surface area (Å²) in [5.41, 5.74) is 0. The van der Waals surface area contributed by atoms with Gasteiger partial charge in [-0.1, -0.05) is 6.08 Å². The molecule has 0 fully saturated rings. The molecule has 0 N–H and O–H groups in total. The van der Waals surface area contributed by atoms with Crippen LogP contribution in [0.2, 0.25) is 0 Å². The third kappa shape index (κ3) is 6.71. The Hall–Kier alpha value is -1.98. The lowest BCUT2D eigenvalue weighted by molar-refractivity contribution is -0.152. The Morgan fingerprint density at radius 1 is 1.07 bits per heavy atom. The van der Waals surface area contributed by atoms with Gasteiger partial charge < -0.3 is 9.47 Å². The maximum absolute atomic E-state index is 10.6. The number of carbonyl (C=O) groups excluding carboxylic acids is 4. The Labute approximate surface area is 79.5 Å². The van der Waals surface area contributed by atoms with Crippen LogP contribution in [0, 0.1) is 0 Å². The molecule has 0 aromatic carbocycles. The summed E-state index contributed by atoms with van der Waals surface area (Å²) in [7, 11) is 0. The molecule has 0 saturated carbocycles. The first-order chi connectivity index (χ1) is 6.70. The summed E-state index contributed by atoms with van der Waals surface area (Å²) >= 11 is 0. The average molecular weight is 200 g/mol. The molecule has 0 amide bonds. The van der Waals surface area contributed by atoms with Gasteiger partial charge in [0.1, 0.15) is 0 Å². The van der Waals surface area contributed by atoms with Crippen LogP contribution in [0.25, 0.3) is 0 Å². The van der Waals surface area contributed by atoms with Gasteiger partial charge in [0.2, 0.25) is 0 Å². The van der Waals surface area contributed by atoms with Crippen molar-refractivity contribution in [3.63, 3.8) is 0 Å². The van der Waals surface area contributed by atoms with Crippen molar-refractivity contribution in [2.45, 2.75) is 12.8 Å². The van der Waals surface area contributed by atoms with Crippen molar-refractivity contribution in [2.24, 2.45) is 0 Å². The molecule has 0 aromatic heterocycles. The van der Waals surface area contributed by atoms with Gasteiger partial charge in [-0.25, -0.2) is 4.79 Å². The summed E-state index contributed by atoms with van der Waals surface area (Å²) in [6.45, 7) is 0.0417. The fraction of sp³-hybridized carbons (Fsp3) is 0.250. The topological polar surface area (TPSA) is 86.7 Å². The summed E-state index contributed by atoms with van der Waals surface area (Å²) in [4.78, 5) is 40.4. The minimum absolute atomic E-state index is 0.00727. The number of allylic oxidation sites excluding steroid dienone is 1. The van der Waals surface area contributed by atoms with Gasteiger partial charge in [-0.05, 0) is 6.42 Å². The number of esters is 2. The average Bonchev–Trinajstić information content (AvgIpc) is 2.13. The summed E-state index contributed by atoms with van der Waals surface area (Å²) in [6, 6.07) is 0. The number of hydrogen-bond donors (Lipinski definition) is 0. The second-order valence-corrected chi connectivity index (χ2v) is 2.06. The summed E-state index contributed by atoms with van der Waals surface area (Å²) < 4.78 is 7.89. The molecule has 76 valence electrons. The van der Waals surface area contributed by atoms with Crippen LogP contribution in [0.3, 0.4) is 0 Å².